The number of aromatic nitrogens is 1. The zero-order chi connectivity index (χ0) is 17.8. The first kappa shape index (κ1) is 16.4. The molecule has 3 rings (SSSR count). The highest BCUT2D eigenvalue weighted by Gasteiger charge is 2.13. The van der Waals surface area contributed by atoms with E-state index in [0.29, 0.717) is 17.7 Å². The van der Waals surface area contributed by atoms with Gasteiger partial charge in [0.1, 0.15) is 0 Å². The third-order valence-electron chi connectivity index (χ3n) is 3.95. The summed E-state index contributed by atoms with van der Waals surface area (Å²) >= 11 is 0. The van der Waals surface area contributed by atoms with Crippen molar-refractivity contribution >= 4 is 11.6 Å². The lowest BCUT2D eigenvalue weighted by atomic mass is 10.1. The molecule has 6 nitrogen and oxygen atoms in total. The quantitative estimate of drug-likeness (QED) is 0.571. The largest absolute Gasteiger partial charge is 0.348 e. The van der Waals surface area contributed by atoms with Gasteiger partial charge in [0.05, 0.1) is 4.92 Å². The molecule has 25 heavy (non-hydrogen) atoms. The van der Waals surface area contributed by atoms with Crippen LogP contribution < -0.4 is 5.32 Å². The van der Waals surface area contributed by atoms with E-state index in [2.05, 4.69) is 5.32 Å². The number of nitrogens with zero attached hydrogens (tertiary/aromatic N) is 2. The predicted molar refractivity (Wildman–Crippen MR) is 94.8 cm³/mol. The van der Waals surface area contributed by atoms with E-state index in [1.165, 1.54) is 18.2 Å². The van der Waals surface area contributed by atoms with E-state index >= 15 is 0 Å². The van der Waals surface area contributed by atoms with Gasteiger partial charge >= 0.3 is 0 Å². The van der Waals surface area contributed by atoms with Crippen molar-refractivity contribution in [1.82, 2.24) is 9.88 Å². The molecule has 0 aliphatic carbocycles. The molecule has 1 amide bonds. The zero-order valence-corrected chi connectivity index (χ0v) is 13.7. The molecule has 0 spiro atoms. The van der Waals surface area contributed by atoms with Crippen molar-refractivity contribution in [1.29, 1.82) is 0 Å². The SMILES string of the molecule is Cc1cc(C(=O)NCc2ccc(-n3cccc3)cc2)ccc1[N+](=O)[O-]. The average molecular weight is 335 g/mol. The number of nitro benzene ring substituents is 1. The Bertz CT molecular complexity index is 900. The number of rotatable bonds is 5. The monoisotopic (exact) mass is 335 g/mol. The van der Waals surface area contributed by atoms with Crippen molar-refractivity contribution in [3.63, 3.8) is 0 Å². The molecule has 126 valence electrons. The van der Waals surface area contributed by atoms with Gasteiger partial charge in [0.2, 0.25) is 0 Å². The molecule has 0 saturated heterocycles. The zero-order valence-electron chi connectivity index (χ0n) is 13.7. The fourth-order valence-electron chi connectivity index (χ4n) is 2.58. The maximum atomic E-state index is 12.2. The van der Waals surface area contributed by atoms with Gasteiger partial charge in [-0.3, -0.25) is 14.9 Å². The molecule has 0 aliphatic heterocycles. The normalized spacial score (nSPS) is 10.4. The highest BCUT2D eigenvalue weighted by Crippen LogP contribution is 2.18. The van der Waals surface area contributed by atoms with Gasteiger partial charge in [-0.05, 0) is 48.9 Å². The van der Waals surface area contributed by atoms with Crippen LogP contribution in [0.2, 0.25) is 0 Å². The summed E-state index contributed by atoms with van der Waals surface area (Å²) in [5.74, 6) is -0.257. The van der Waals surface area contributed by atoms with Crippen molar-refractivity contribution in [2.45, 2.75) is 13.5 Å². The smallest absolute Gasteiger partial charge is 0.272 e. The molecule has 0 atom stereocenters. The highest BCUT2D eigenvalue weighted by atomic mass is 16.6. The third kappa shape index (κ3) is 3.74. The molecule has 1 aromatic heterocycles. The van der Waals surface area contributed by atoms with Gasteiger partial charge in [0, 0.05) is 41.8 Å². The fourth-order valence-corrected chi connectivity index (χ4v) is 2.58. The molecule has 0 aliphatic rings. The first-order valence-corrected chi connectivity index (χ1v) is 7.80. The summed E-state index contributed by atoms with van der Waals surface area (Å²) in [6.45, 7) is 2.01. The molecule has 1 N–H and O–H groups in total. The van der Waals surface area contributed by atoms with Crippen LogP contribution in [0.1, 0.15) is 21.5 Å². The Balaban J connectivity index is 1.64. The molecule has 0 radical (unpaired) electrons. The van der Waals surface area contributed by atoms with Crippen LogP contribution in [-0.2, 0) is 6.54 Å². The number of amides is 1. The molecule has 0 unspecified atom stereocenters. The minimum absolute atomic E-state index is 0.0113. The van der Waals surface area contributed by atoms with Crippen LogP contribution in [0.3, 0.4) is 0 Å². The molecule has 2 aromatic carbocycles. The van der Waals surface area contributed by atoms with E-state index in [1.54, 1.807) is 6.92 Å². The minimum atomic E-state index is -0.455. The molecular weight excluding hydrogens is 318 g/mol. The Morgan fingerprint density at radius 1 is 1.12 bits per heavy atom. The minimum Gasteiger partial charge on any atom is -0.348 e. The number of nitro groups is 1. The maximum absolute atomic E-state index is 12.2. The Labute approximate surface area is 144 Å². The summed E-state index contributed by atoms with van der Waals surface area (Å²) in [5, 5.41) is 13.7. The van der Waals surface area contributed by atoms with Crippen LogP contribution in [-0.4, -0.2) is 15.4 Å². The Kier molecular flexibility index (Phi) is 4.61. The van der Waals surface area contributed by atoms with Crippen molar-refractivity contribution in [3.8, 4) is 5.69 Å². The van der Waals surface area contributed by atoms with E-state index < -0.39 is 4.92 Å². The van der Waals surface area contributed by atoms with E-state index in [1.807, 2.05) is 53.4 Å². The maximum Gasteiger partial charge on any atom is 0.272 e. The van der Waals surface area contributed by atoms with Gasteiger partial charge in [0.25, 0.3) is 11.6 Å². The third-order valence-corrected chi connectivity index (χ3v) is 3.95. The number of benzene rings is 2. The number of hydrogen-bond donors (Lipinski definition) is 1. The van der Waals surface area contributed by atoms with Gasteiger partial charge in [-0.1, -0.05) is 12.1 Å². The van der Waals surface area contributed by atoms with E-state index in [-0.39, 0.29) is 11.6 Å². The topological polar surface area (TPSA) is 77.2 Å². The summed E-state index contributed by atoms with van der Waals surface area (Å²) < 4.78 is 2.00. The van der Waals surface area contributed by atoms with Crippen LogP contribution in [0.15, 0.2) is 67.0 Å². The summed E-state index contributed by atoms with van der Waals surface area (Å²) in [4.78, 5) is 22.6. The Hall–Kier alpha value is -3.41. The second kappa shape index (κ2) is 7.00. The first-order valence-electron chi connectivity index (χ1n) is 7.80. The number of carbonyl (C=O) groups is 1. The molecule has 0 saturated carbocycles. The summed E-state index contributed by atoms with van der Waals surface area (Å²) in [7, 11) is 0. The number of hydrogen-bond acceptors (Lipinski definition) is 3. The van der Waals surface area contributed by atoms with E-state index in [9.17, 15) is 14.9 Å². The second-order valence-corrected chi connectivity index (χ2v) is 5.70. The standard InChI is InChI=1S/C19H17N3O3/c1-14-12-16(6-9-18(14)22(24)25)19(23)20-13-15-4-7-17(8-5-15)21-10-2-3-11-21/h2-12H,13H2,1H3,(H,20,23). The summed E-state index contributed by atoms with van der Waals surface area (Å²) in [6, 6.07) is 16.2. The second-order valence-electron chi connectivity index (χ2n) is 5.70. The van der Waals surface area contributed by atoms with Gasteiger partial charge in [-0.15, -0.1) is 0 Å². The van der Waals surface area contributed by atoms with Crippen LogP contribution in [0.25, 0.3) is 5.69 Å². The lowest BCUT2D eigenvalue weighted by Gasteiger charge is -2.08. The van der Waals surface area contributed by atoms with Crippen LogP contribution in [0.4, 0.5) is 5.69 Å². The van der Waals surface area contributed by atoms with Crippen molar-refractivity contribution < 1.29 is 9.72 Å². The van der Waals surface area contributed by atoms with E-state index in [0.717, 1.165) is 11.3 Å². The number of carbonyl (C=O) groups excluding carboxylic acids is 1. The molecule has 0 fully saturated rings. The highest BCUT2D eigenvalue weighted by molar-refractivity contribution is 5.94. The fraction of sp³-hybridized carbons (Fsp3) is 0.105. The van der Waals surface area contributed by atoms with Crippen molar-refractivity contribution in [2.75, 3.05) is 0 Å². The van der Waals surface area contributed by atoms with Crippen LogP contribution in [0.5, 0.6) is 0 Å². The van der Waals surface area contributed by atoms with Gasteiger partial charge in [-0.25, -0.2) is 0 Å². The van der Waals surface area contributed by atoms with Crippen LogP contribution in [0, 0.1) is 17.0 Å². The number of aryl methyl sites for hydroxylation is 1. The molecule has 0 bridgehead atoms. The van der Waals surface area contributed by atoms with E-state index in [4.69, 9.17) is 0 Å². The summed E-state index contributed by atoms with van der Waals surface area (Å²) in [6.07, 6.45) is 3.93. The molecule has 1 heterocycles. The molecule has 3 aromatic rings. The van der Waals surface area contributed by atoms with Gasteiger partial charge in [-0.2, -0.15) is 0 Å². The molecular formula is C19H17N3O3. The first-order chi connectivity index (χ1) is 12.0. The number of nitrogens with one attached hydrogen (secondary N) is 1. The van der Waals surface area contributed by atoms with Crippen LogP contribution >= 0.6 is 0 Å². The summed E-state index contributed by atoms with van der Waals surface area (Å²) in [5.41, 5.74) is 2.91. The van der Waals surface area contributed by atoms with Crippen molar-refractivity contribution in [3.05, 3.63) is 93.8 Å². The molecule has 6 heteroatoms. The Morgan fingerprint density at radius 2 is 1.80 bits per heavy atom. The van der Waals surface area contributed by atoms with Crippen molar-refractivity contribution in [2.24, 2.45) is 0 Å². The lowest BCUT2D eigenvalue weighted by Crippen LogP contribution is -2.22. The predicted octanol–water partition coefficient (Wildman–Crippen LogP) is 3.62. The van der Waals surface area contributed by atoms with Gasteiger partial charge in [0.15, 0.2) is 0 Å². The average Bonchev–Trinajstić information content (AvgIpc) is 3.14. The van der Waals surface area contributed by atoms with Gasteiger partial charge < -0.3 is 9.88 Å². The lowest BCUT2D eigenvalue weighted by molar-refractivity contribution is -0.385. The Morgan fingerprint density at radius 3 is 2.40 bits per heavy atom.